The molecular weight excluding hydrogens is 295 g/mol. The number of anilines is 1. The van der Waals surface area contributed by atoms with Gasteiger partial charge >= 0.3 is 0 Å². The number of pyridine rings is 1. The Morgan fingerprint density at radius 3 is 3.13 bits per heavy atom. The number of rotatable bonds is 4. The van der Waals surface area contributed by atoms with Crippen molar-refractivity contribution in [3.63, 3.8) is 0 Å². The second-order valence-corrected chi connectivity index (χ2v) is 5.70. The summed E-state index contributed by atoms with van der Waals surface area (Å²) in [6, 6.07) is 5.95. The molecule has 0 bridgehead atoms. The lowest BCUT2D eigenvalue weighted by Crippen LogP contribution is -2.24. The highest BCUT2D eigenvalue weighted by molar-refractivity contribution is 5.60. The van der Waals surface area contributed by atoms with Gasteiger partial charge in [0.05, 0.1) is 24.3 Å². The van der Waals surface area contributed by atoms with Crippen molar-refractivity contribution in [2.45, 2.75) is 18.5 Å². The summed E-state index contributed by atoms with van der Waals surface area (Å²) in [5, 5.41) is 6.47. The Labute approximate surface area is 132 Å². The summed E-state index contributed by atoms with van der Waals surface area (Å²) in [4.78, 5) is 13.3. The zero-order chi connectivity index (χ0) is 15.6. The van der Waals surface area contributed by atoms with E-state index < -0.39 is 0 Å². The molecule has 0 radical (unpaired) electrons. The van der Waals surface area contributed by atoms with Crippen molar-refractivity contribution in [3.05, 3.63) is 43.0 Å². The Morgan fingerprint density at radius 2 is 2.26 bits per heavy atom. The van der Waals surface area contributed by atoms with Crippen molar-refractivity contribution >= 4 is 11.5 Å². The number of hydrogen-bond donors (Lipinski definition) is 2. The van der Waals surface area contributed by atoms with Crippen molar-refractivity contribution < 1.29 is 4.39 Å². The van der Waals surface area contributed by atoms with Gasteiger partial charge in [0, 0.05) is 24.8 Å². The van der Waals surface area contributed by atoms with Crippen LogP contribution in [0.3, 0.4) is 0 Å². The minimum atomic E-state index is -0.342. The van der Waals surface area contributed by atoms with Crippen LogP contribution in [0.5, 0.6) is 0 Å². The Balaban J connectivity index is 1.59. The lowest BCUT2D eigenvalue weighted by Gasteiger charge is -2.12. The quantitative estimate of drug-likeness (QED) is 0.770. The Hall–Kier alpha value is -2.54. The maximum atomic E-state index is 12.7. The third-order valence-electron chi connectivity index (χ3n) is 4.07. The summed E-state index contributed by atoms with van der Waals surface area (Å²) in [6.45, 7) is 0.391. The molecule has 7 heteroatoms. The summed E-state index contributed by atoms with van der Waals surface area (Å²) >= 11 is 0. The van der Waals surface area contributed by atoms with Crippen LogP contribution in [0.1, 0.15) is 6.42 Å². The van der Waals surface area contributed by atoms with Crippen molar-refractivity contribution in [2.24, 2.45) is 0 Å². The molecule has 118 valence electrons. The van der Waals surface area contributed by atoms with E-state index in [0.717, 1.165) is 30.0 Å². The van der Waals surface area contributed by atoms with E-state index in [9.17, 15) is 4.39 Å². The third-order valence-corrected chi connectivity index (χ3v) is 4.07. The van der Waals surface area contributed by atoms with Gasteiger partial charge in [-0.3, -0.25) is 9.38 Å². The molecule has 4 rings (SSSR count). The van der Waals surface area contributed by atoms with Crippen LogP contribution in [0.2, 0.25) is 0 Å². The number of alkyl halides is 1. The summed E-state index contributed by atoms with van der Waals surface area (Å²) in [6.07, 6.45) is 7.90. The number of aromatic nitrogens is 4. The molecule has 2 unspecified atom stereocenters. The zero-order valence-corrected chi connectivity index (χ0v) is 12.5. The van der Waals surface area contributed by atoms with Crippen LogP contribution in [0, 0.1) is 0 Å². The van der Waals surface area contributed by atoms with E-state index in [-0.39, 0.29) is 18.8 Å². The second-order valence-electron chi connectivity index (χ2n) is 5.70. The maximum Gasteiger partial charge on any atom is 0.145 e. The SMILES string of the molecule is FCC1CC(Nc2cncc(-c3cnc4ccccn34)n2)CN1. The average Bonchev–Trinajstić information content (AvgIpc) is 3.21. The number of hydrogen-bond acceptors (Lipinski definition) is 5. The number of imidazole rings is 1. The molecule has 2 atom stereocenters. The van der Waals surface area contributed by atoms with Crippen LogP contribution in [0.15, 0.2) is 43.0 Å². The molecule has 0 saturated carbocycles. The van der Waals surface area contributed by atoms with Crippen molar-refractivity contribution in [1.82, 2.24) is 24.7 Å². The molecular formula is C16H17FN6. The number of nitrogens with one attached hydrogen (secondary N) is 2. The van der Waals surface area contributed by atoms with E-state index >= 15 is 0 Å². The van der Waals surface area contributed by atoms with Crippen LogP contribution in [0.25, 0.3) is 17.0 Å². The first-order valence-corrected chi connectivity index (χ1v) is 7.64. The van der Waals surface area contributed by atoms with Crippen LogP contribution < -0.4 is 10.6 Å². The first-order chi connectivity index (χ1) is 11.3. The Kier molecular flexibility index (Phi) is 3.63. The van der Waals surface area contributed by atoms with E-state index in [0.29, 0.717) is 5.82 Å². The predicted molar refractivity (Wildman–Crippen MR) is 86.0 cm³/mol. The first-order valence-electron chi connectivity index (χ1n) is 7.64. The highest BCUT2D eigenvalue weighted by atomic mass is 19.1. The zero-order valence-electron chi connectivity index (χ0n) is 12.5. The summed E-state index contributed by atoms with van der Waals surface area (Å²) in [7, 11) is 0. The van der Waals surface area contributed by atoms with Gasteiger partial charge < -0.3 is 10.6 Å². The van der Waals surface area contributed by atoms with E-state index in [2.05, 4.69) is 25.6 Å². The highest BCUT2D eigenvalue weighted by Crippen LogP contribution is 2.20. The van der Waals surface area contributed by atoms with E-state index in [1.807, 2.05) is 28.8 Å². The van der Waals surface area contributed by atoms with Crippen molar-refractivity contribution in [1.29, 1.82) is 0 Å². The Morgan fingerprint density at radius 1 is 1.30 bits per heavy atom. The van der Waals surface area contributed by atoms with Gasteiger partial charge in [-0.1, -0.05) is 6.07 Å². The molecule has 23 heavy (non-hydrogen) atoms. The largest absolute Gasteiger partial charge is 0.365 e. The predicted octanol–water partition coefficient (Wildman–Crippen LogP) is 1.90. The van der Waals surface area contributed by atoms with Crippen LogP contribution in [0.4, 0.5) is 10.2 Å². The minimum absolute atomic E-state index is 0.0672. The monoisotopic (exact) mass is 312 g/mol. The second kappa shape index (κ2) is 5.92. The number of fused-ring (bicyclic) bond motifs is 1. The number of halogens is 1. The maximum absolute atomic E-state index is 12.7. The average molecular weight is 312 g/mol. The Bertz CT molecular complexity index is 817. The molecule has 3 aromatic rings. The molecule has 1 aliphatic heterocycles. The topological polar surface area (TPSA) is 67.1 Å². The van der Waals surface area contributed by atoms with Gasteiger partial charge in [0.2, 0.25) is 0 Å². The molecule has 0 aliphatic carbocycles. The summed E-state index contributed by atoms with van der Waals surface area (Å²) < 4.78 is 14.7. The number of nitrogens with zero attached hydrogens (tertiary/aromatic N) is 4. The standard InChI is InChI=1S/C16H17FN6/c17-6-11-5-12(7-19-11)21-15-10-18-8-13(22-15)14-9-20-16-3-1-2-4-23(14)16/h1-4,8-12,19H,5-7H2,(H,21,22). The first kappa shape index (κ1) is 14.1. The molecule has 1 aliphatic rings. The van der Waals surface area contributed by atoms with Crippen LogP contribution in [-0.4, -0.2) is 44.7 Å². The van der Waals surface area contributed by atoms with E-state index in [1.165, 1.54) is 0 Å². The molecule has 2 N–H and O–H groups in total. The molecule has 4 heterocycles. The molecule has 1 fully saturated rings. The van der Waals surface area contributed by atoms with Crippen LogP contribution in [-0.2, 0) is 0 Å². The van der Waals surface area contributed by atoms with Gasteiger partial charge in [0.15, 0.2) is 0 Å². The summed E-state index contributed by atoms with van der Waals surface area (Å²) in [5.41, 5.74) is 2.51. The molecule has 1 saturated heterocycles. The molecule has 0 spiro atoms. The van der Waals surface area contributed by atoms with E-state index in [4.69, 9.17) is 0 Å². The van der Waals surface area contributed by atoms with Crippen LogP contribution >= 0.6 is 0 Å². The fraction of sp³-hybridized carbons (Fsp3) is 0.312. The molecule has 0 amide bonds. The molecule has 0 aromatic carbocycles. The minimum Gasteiger partial charge on any atom is -0.365 e. The third kappa shape index (κ3) is 2.75. The van der Waals surface area contributed by atoms with Gasteiger partial charge in [-0.2, -0.15) is 0 Å². The fourth-order valence-corrected chi connectivity index (χ4v) is 2.94. The molecule has 6 nitrogen and oxygen atoms in total. The normalized spacial score (nSPS) is 20.9. The van der Waals surface area contributed by atoms with E-state index in [1.54, 1.807) is 18.6 Å². The lowest BCUT2D eigenvalue weighted by atomic mass is 10.2. The smallest absolute Gasteiger partial charge is 0.145 e. The highest BCUT2D eigenvalue weighted by Gasteiger charge is 2.24. The lowest BCUT2D eigenvalue weighted by molar-refractivity contribution is 0.404. The summed E-state index contributed by atoms with van der Waals surface area (Å²) in [5.74, 6) is 0.694. The van der Waals surface area contributed by atoms with Crippen molar-refractivity contribution in [3.8, 4) is 11.4 Å². The van der Waals surface area contributed by atoms with Gasteiger partial charge in [-0.05, 0) is 18.6 Å². The van der Waals surface area contributed by atoms with Gasteiger partial charge in [-0.15, -0.1) is 0 Å². The van der Waals surface area contributed by atoms with Gasteiger partial charge in [0.1, 0.15) is 23.8 Å². The van der Waals surface area contributed by atoms with Gasteiger partial charge in [0.25, 0.3) is 0 Å². The fourth-order valence-electron chi connectivity index (χ4n) is 2.94. The van der Waals surface area contributed by atoms with Crippen molar-refractivity contribution in [2.75, 3.05) is 18.5 Å². The molecule has 3 aromatic heterocycles. The van der Waals surface area contributed by atoms with Gasteiger partial charge in [-0.25, -0.2) is 14.4 Å².